The molecule has 1 aromatic rings. The summed E-state index contributed by atoms with van der Waals surface area (Å²) in [5, 5.41) is 3.50. The maximum atomic E-state index is 4.76. The van der Waals surface area contributed by atoms with Crippen molar-refractivity contribution < 1.29 is 0 Å². The van der Waals surface area contributed by atoms with Crippen molar-refractivity contribution in [3.8, 4) is 0 Å². The number of nitrogens with zero attached hydrogens (tertiary/aromatic N) is 2. The van der Waals surface area contributed by atoms with E-state index >= 15 is 0 Å². The van der Waals surface area contributed by atoms with Crippen molar-refractivity contribution in [3.63, 3.8) is 0 Å². The van der Waals surface area contributed by atoms with Crippen LogP contribution in [0.25, 0.3) is 0 Å². The first-order chi connectivity index (χ1) is 6.98. The zero-order valence-corrected chi connectivity index (χ0v) is 10.2. The maximum Gasteiger partial charge on any atom is 0.125 e. The van der Waals surface area contributed by atoms with Crippen molar-refractivity contribution in [2.75, 3.05) is 6.54 Å². The van der Waals surface area contributed by atoms with E-state index in [0.29, 0.717) is 6.04 Å². The lowest BCUT2D eigenvalue weighted by atomic mass is 9.93. The third-order valence-electron chi connectivity index (χ3n) is 3.05. The molecule has 0 bridgehead atoms. The van der Waals surface area contributed by atoms with Crippen LogP contribution in [0.5, 0.6) is 0 Å². The third kappa shape index (κ3) is 2.07. The lowest BCUT2D eigenvalue weighted by molar-refractivity contribution is 0.557. The van der Waals surface area contributed by atoms with Crippen LogP contribution in [-0.4, -0.2) is 16.1 Å². The molecule has 0 radical (unpaired) electrons. The highest BCUT2D eigenvalue weighted by Gasteiger charge is 2.24. The normalized spacial score (nSPS) is 22.3. The number of imidazole rings is 1. The number of hydrogen-bond acceptors (Lipinski definition) is 2. The summed E-state index contributed by atoms with van der Waals surface area (Å²) in [4.78, 5) is 4.76. The van der Waals surface area contributed by atoms with Gasteiger partial charge in [0.15, 0.2) is 0 Å². The van der Waals surface area contributed by atoms with Crippen molar-refractivity contribution in [3.05, 3.63) is 17.7 Å². The number of hydrogen-bond donors (Lipinski definition) is 1. The van der Waals surface area contributed by atoms with E-state index in [4.69, 9.17) is 4.98 Å². The van der Waals surface area contributed by atoms with Gasteiger partial charge in [-0.3, -0.25) is 0 Å². The van der Waals surface area contributed by atoms with E-state index < -0.39 is 0 Å². The van der Waals surface area contributed by atoms with E-state index in [-0.39, 0.29) is 5.41 Å². The van der Waals surface area contributed by atoms with Gasteiger partial charge < -0.3 is 9.88 Å². The standard InChI is InChI=1S/C12H21N3/c1-12(2,3)10-8-15(4)11(14-10)9-6-5-7-13-9/h8-9,13H,5-7H2,1-4H3. The lowest BCUT2D eigenvalue weighted by Crippen LogP contribution is -2.17. The van der Waals surface area contributed by atoms with Crippen LogP contribution in [-0.2, 0) is 12.5 Å². The Balaban J connectivity index is 2.29. The molecule has 1 fully saturated rings. The number of aromatic nitrogens is 2. The molecule has 0 amide bonds. The summed E-state index contributed by atoms with van der Waals surface area (Å²) in [6.45, 7) is 7.76. The summed E-state index contributed by atoms with van der Waals surface area (Å²) >= 11 is 0. The Morgan fingerprint density at radius 1 is 1.47 bits per heavy atom. The van der Waals surface area contributed by atoms with Gasteiger partial charge in [-0.2, -0.15) is 0 Å². The Labute approximate surface area is 91.9 Å². The van der Waals surface area contributed by atoms with Gasteiger partial charge in [-0.25, -0.2) is 4.98 Å². The minimum Gasteiger partial charge on any atom is -0.336 e. The highest BCUT2D eigenvalue weighted by Crippen LogP contribution is 2.26. The molecule has 1 aliphatic rings. The van der Waals surface area contributed by atoms with Crippen LogP contribution in [0.15, 0.2) is 6.20 Å². The maximum absolute atomic E-state index is 4.76. The molecule has 3 nitrogen and oxygen atoms in total. The second-order valence-electron chi connectivity index (χ2n) is 5.49. The molecular formula is C12H21N3. The first-order valence-electron chi connectivity index (χ1n) is 5.75. The van der Waals surface area contributed by atoms with Crippen molar-refractivity contribution >= 4 is 0 Å². The molecule has 2 heterocycles. The molecule has 3 heteroatoms. The van der Waals surface area contributed by atoms with Crippen LogP contribution in [0.4, 0.5) is 0 Å². The molecule has 0 aromatic carbocycles. The van der Waals surface area contributed by atoms with Gasteiger partial charge in [-0.05, 0) is 19.4 Å². The zero-order chi connectivity index (χ0) is 11.1. The van der Waals surface area contributed by atoms with Gasteiger partial charge in [0.1, 0.15) is 5.82 Å². The quantitative estimate of drug-likeness (QED) is 0.764. The number of rotatable bonds is 1. The highest BCUT2D eigenvalue weighted by molar-refractivity contribution is 5.15. The molecular weight excluding hydrogens is 186 g/mol. The fourth-order valence-corrected chi connectivity index (χ4v) is 2.07. The van der Waals surface area contributed by atoms with Crippen molar-refractivity contribution in [2.24, 2.45) is 7.05 Å². The van der Waals surface area contributed by atoms with Gasteiger partial charge in [0.2, 0.25) is 0 Å². The summed E-state index contributed by atoms with van der Waals surface area (Å²) in [5.74, 6) is 1.19. The summed E-state index contributed by atoms with van der Waals surface area (Å²) in [6, 6.07) is 0.464. The minimum atomic E-state index is 0.147. The van der Waals surface area contributed by atoms with E-state index in [9.17, 15) is 0 Å². The van der Waals surface area contributed by atoms with E-state index in [1.165, 1.54) is 24.4 Å². The predicted octanol–water partition coefficient (Wildman–Crippen LogP) is 2.14. The average molecular weight is 207 g/mol. The molecule has 2 rings (SSSR count). The largest absolute Gasteiger partial charge is 0.336 e. The summed E-state index contributed by atoms with van der Waals surface area (Å²) in [5.41, 5.74) is 1.34. The minimum absolute atomic E-state index is 0.147. The summed E-state index contributed by atoms with van der Waals surface area (Å²) < 4.78 is 2.17. The third-order valence-corrected chi connectivity index (χ3v) is 3.05. The van der Waals surface area contributed by atoms with E-state index in [1.54, 1.807) is 0 Å². The molecule has 1 atom stereocenters. The van der Waals surface area contributed by atoms with Gasteiger partial charge in [0.05, 0.1) is 11.7 Å². The SMILES string of the molecule is Cn1cc(C(C)(C)C)nc1C1CCCN1. The predicted molar refractivity (Wildman–Crippen MR) is 61.9 cm³/mol. The molecule has 0 saturated carbocycles. The fraction of sp³-hybridized carbons (Fsp3) is 0.750. The van der Waals surface area contributed by atoms with E-state index in [0.717, 1.165) is 6.54 Å². The van der Waals surface area contributed by atoms with Crippen LogP contribution in [0, 0.1) is 0 Å². The van der Waals surface area contributed by atoms with Gasteiger partial charge in [-0.1, -0.05) is 20.8 Å². The Morgan fingerprint density at radius 3 is 2.67 bits per heavy atom. The molecule has 1 saturated heterocycles. The zero-order valence-electron chi connectivity index (χ0n) is 10.2. The van der Waals surface area contributed by atoms with Crippen LogP contribution < -0.4 is 5.32 Å². The second kappa shape index (κ2) is 3.63. The van der Waals surface area contributed by atoms with Crippen LogP contribution in [0.3, 0.4) is 0 Å². The number of aryl methyl sites for hydroxylation is 1. The first kappa shape index (κ1) is 10.7. The van der Waals surface area contributed by atoms with Crippen LogP contribution >= 0.6 is 0 Å². The van der Waals surface area contributed by atoms with Gasteiger partial charge in [-0.15, -0.1) is 0 Å². The molecule has 0 spiro atoms. The summed E-state index contributed by atoms with van der Waals surface area (Å²) in [6.07, 6.45) is 4.64. The Bertz CT molecular complexity index is 340. The number of nitrogens with one attached hydrogen (secondary N) is 1. The smallest absolute Gasteiger partial charge is 0.125 e. The first-order valence-corrected chi connectivity index (χ1v) is 5.75. The average Bonchev–Trinajstić information content (AvgIpc) is 2.69. The highest BCUT2D eigenvalue weighted by atomic mass is 15.1. The lowest BCUT2D eigenvalue weighted by Gasteiger charge is -2.14. The van der Waals surface area contributed by atoms with Gasteiger partial charge >= 0.3 is 0 Å². The summed E-state index contributed by atoms with van der Waals surface area (Å²) in [7, 11) is 2.09. The van der Waals surface area contributed by atoms with E-state index in [2.05, 4.69) is 43.9 Å². The topological polar surface area (TPSA) is 29.9 Å². The Hall–Kier alpha value is -0.830. The Morgan fingerprint density at radius 2 is 2.20 bits per heavy atom. The second-order valence-corrected chi connectivity index (χ2v) is 5.49. The van der Waals surface area contributed by atoms with Gasteiger partial charge in [0.25, 0.3) is 0 Å². The molecule has 15 heavy (non-hydrogen) atoms. The molecule has 1 unspecified atom stereocenters. The van der Waals surface area contributed by atoms with Crippen molar-refractivity contribution in [2.45, 2.75) is 45.1 Å². The van der Waals surface area contributed by atoms with Gasteiger partial charge in [0, 0.05) is 18.7 Å². The monoisotopic (exact) mass is 207 g/mol. The molecule has 1 N–H and O–H groups in total. The van der Waals surface area contributed by atoms with Crippen LogP contribution in [0.1, 0.15) is 51.2 Å². The van der Waals surface area contributed by atoms with E-state index in [1.807, 2.05) is 0 Å². The van der Waals surface area contributed by atoms with Crippen molar-refractivity contribution in [1.82, 2.24) is 14.9 Å². The Kier molecular flexibility index (Phi) is 2.59. The van der Waals surface area contributed by atoms with Crippen molar-refractivity contribution in [1.29, 1.82) is 0 Å². The van der Waals surface area contributed by atoms with Crippen LogP contribution in [0.2, 0.25) is 0 Å². The molecule has 1 aliphatic heterocycles. The fourth-order valence-electron chi connectivity index (χ4n) is 2.07. The molecule has 84 valence electrons. The molecule has 0 aliphatic carbocycles. The molecule has 1 aromatic heterocycles.